The van der Waals surface area contributed by atoms with E-state index in [4.69, 9.17) is 21.1 Å². The molecule has 1 rings (SSSR count). The largest absolute Gasteiger partial charge is 0.377 e. The van der Waals surface area contributed by atoms with E-state index < -0.39 is 5.24 Å². The smallest absolute Gasteiger partial charge is 0.244 e. The quantitative estimate of drug-likeness (QED) is 0.444. The van der Waals surface area contributed by atoms with Crippen molar-refractivity contribution in [3.8, 4) is 0 Å². The first-order valence-electron chi connectivity index (χ1n) is 3.24. The lowest BCUT2D eigenvalue weighted by molar-refractivity contribution is -0.107. The van der Waals surface area contributed by atoms with Gasteiger partial charge < -0.3 is 9.47 Å². The van der Waals surface area contributed by atoms with Gasteiger partial charge in [-0.25, -0.2) is 0 Å². The third-order valence-corrected chi connectivity index (χ3v) is 1.06. The Bertz CT molecular complexity index is 109. The Morgan fingerprint density at radius 1 is 1.27 bits per heavy atom. The monoisotopic (exact) mass is 178 g/mol. The molecule has 64 valence electrons. The molecule has 0 aliphatic carbocycles. The molecule has 3 nitrogen and oxygen atoms in total. The van der Waals surface area contributed by atoms with Crippen molar-refractivity contribution in [1.29, 1.82) is 0 Å². The molecule has 0 aromatic carbocycles. The van der Waals surface area contributed by atoms with Crippen molar-refractivity contribution in [3.05, 3.63) is 12.7 Å². The van der Waals surface area contributed by atoms with Crippen LogP contribution in [0, 0.1) is 0 Å². The highest BCUT2D eigenvalue weighted by Crippen LogP contribution is 1.85. The lowest BCUT2D eigenvalue weighted by Gasteiger charge is -2.09. The van der Waals surface area contributed by atoms with Crippen molar-refractivity contribution in [2.45, 2.75) is 0 Å². The highest BCUT2D eigenvalue weighted by atomic mass is 35.5. The molecule has 4 heteroatoms. The molecule has 0 aromatic rings. The number of carbonyl (C=O) groups is 1. The van der Waals surface area contributed by atoms with Crippen molar-refractivity contribution < 1.29 is 14.3 Å². The van der Waals surface area contributed by atoms with Gasteiger partial charge in [0.1, 0.15) is 0 Å². The second kappa shape index (κ2) is 7.72. The Balaban J connectivity index is 0.000000187. The summed E-state index contributed by atoms with van der Waals surface area (Å²) in [4.78, 5) is 9.46. The second-order valence-corrected chi connectivity index (χ2v) is 2.11. The lowest BCUT2D eigenvalue weighted by Crippen LogP contribution is -2.16. The molecule has 0 aromatic heterocycles. The summed E-state index contributed by atoms with van der Waals surface area (Å²) in [6.45, 7) is 6.19. The van der Waals surface area contributed by atoms with Crippen LogP contribution in [0.5, 0.6) is 0 Å². The molecule has 1 heterocycles. The van der Waals surface area contributed by atoms with Crippen LogP contribution >= 0.6 is 11.6 Å². The SMILES string of the molecule is C1COCCO1.C=CC(=O)Cl. The van der Waals surface area contributed by atoms with Crippen LogP contribution in [-0.4, -0.2) is 31.7 Å². The van der Waals surface area contributed by atoms with Crippen molar-refractivity contribution >= 4 is 16.8 Å². The summed E-state index contributed by atoms with van der Waals surface area (Å²) in [5.41, 5.74) is 0. The number of carbonyl (C=O) groups excluding carboxylic acids is 1. The minimum atomic E-state index is -0.509. The van der Waals surface area contributed by atoms with Crippen molar-refractivity contribution in [2.24, 2.45) is 0 Å². The number of hydrogen-bond donors (Lipinski definition) is 0. The minimum Gasteiger partial charge on any atom is -0.377 e. The Hall–Kier alpha value is -0.380. The average Bonchev–Trinajstić information content (AvgIpc) is 2.09. The first-order chi connectivity index (χ1) is 5.27. The molecule has 0 N–H and O–H groups in total. The van der Waals surface area contributed by atoms with E-state index in [0.29, 0.717) is 0 Å². The maximum atomic E-state index is 9.46. The van der Waals surface area contributed by atoms with Gasteiger partial charge in [0, 0.05) is 0 Å². The van der Waals surface area contributed by atoms with Gasteiger partial charge >= 0.3 is 0 Å². The lowest BCUT2D eigenvalue weighted by atomic mass is 10.6. The molecule has 1 aliphatic rings. The predicted octanol–water partition coefficient (Wildman–Crippen LogP) is 0.971. The molecule has 1 fully saturated rings. The van der Waals surface area contributed by atoms with Crippen LogP contribution in [0.1, 0.15) is 0 Å². The van der Waals surface area contributed by atoms with E-state index in [-0.39, 0.29) is 0 Å². The van der Waals surface area contributed by atoms with Gasteiger partial charge in [-0.1, -0.05) is 6.58 Å². The average molecular weight is 179 g/mol. The zero-order valence-corrected chi connectivity index (χ0v) is 6.97. The van der Waals surface area contributed by atoms with Crippen LogP contribution in [-0.2, 0) is 14.3 Å². The number of hydrogen-bond acceptors (Lipinski definition) is 3. The summed E-state index contributed by atoms with van der Waals surface area (Å²) < 4.78 is 9.89. The van der Waals surface area contributed by atoms with E-state index >= 15 is 0 Å². The molecule has 0 bridgehead atoms. The summed E-state index contributed by atoms with van der Waals surface area (Å²) in [6.07, 6.45) is 1.04. The van der Waals surface area contributed by atoms with E-state index in [1.165, 1.54) is 0 Å². The Morgan fingerprint density at radius 2 is 1.55 bits per heavy atom. The van der Waals surface area contributed by atoms with Gasteiger partial charge in [0.15, 0.2) is 0 Å². The molecule has 0 radical (unpaired) electrons. The number of halogens is 1. The van der Waals surface area contributed by atoms with E-state index in [2.05, 4.69) is 6.58 Å². The predicted molar refractivity (Wildman–Crippen MR) is 42.7 cm³/mol. The zero-order chi connectivity index (χ0) is 8.53. The third-order valence-electron chi connectivity index (χ3n) is 0.905. The molecule has 0 spiro atoms. The van der Waals surface area contributed by atoms with Gasteiger partial charge in [-0.3, -0.25) is 4.79 Å². The van der Waals surface area contributed by atoms with Gasteiger partial charge in [0.2, 0.25) is 5.24 Å². The summed E-state index contributed by atoms with van der Waals surface area (Å²) >= 11 is 4.71. The van der Waals surface area contributed by atoms with E-state index in [1.54, 1.807) is 0 Å². The number of ether oxygens (including phenoxy) is 2. The first-order valence-corrected chi connectivity index (χ1v) is 3.62. The number of rotatable bonds is 1. The normalized spacial score (nSPS) is 16.1. The van der Waals surface area contributed by atoms with Crippen molar-refractivity contribution in [2.75, 3.05) is 26.4 Å². The summed E-state index contributed by atoms with van der Waals surface area (Å²) in [5.74, 6) is 0. The minimum absolute atomic E-state index is 0.509. The third kappa shape index (κ3) is 9.62. The fourth-order valence-corrected chi connectivity index (χ4v) is 0.440. The van der Waals surface area contributed by atoms with E-state index in [1.807, 2.05) is 0 Å². The summed E-state index contributed by atoms with van der Waals surface area (Å²) in [5, 5.41) is -0.509. The molecule has 0 amide bonds. The van der Waals surface area contributed by atoms with E-state index in [0.717, 1.165) is 32.5 Å². The number of allylic oxidation sites excluding steroid dienone is 1. The Kier molecular flexibility index (Phi) is 7.46. The fraction of sp³-hybridized carbons (Fsp3) is 0.571. The Morgan fingerprint density at radius 3 is 1.64 bits per heavy atom. The Labute approximate surface area is 70.9 Å². The molecule has 0 saturated carbocycles. The van der Waals surface area contributed by atoms with Crippen LogP contribution in [0.4, 0.5) is 0 Å². The highest BCUT2D eigenvalue weighted by molar-refractivity contribution is 6.66. The molecular formula is C7H11ClO3. The van der Waals surface area contributed by atoms with Crippen LogP contribution in [0.25, 0.3) is 0 Å². The van der Waals surface area contributed by atoms with Crippen LogP contribution in [0.3, 0.4) is 0 Å². The van der Waals surface area contributed by atoms with Crippen molar-refractivity contribution in [3.63, 3.8) is 0 Å². The van der Waals surface area contributed by atoms with Crippen LogP contribution in [0.2, 0.25) is 0 Å². The fourth-order valence-electron chi connectivity index (χ4n) is 0.440. The molecule has 11 heavy (non-hydrogen) atoms. The second-order valence-electron chi connectivity index (χ2n) is 1.73. The zero-order valence-electron chi connectivity index (χ0n) is 6.22. The molecule has 0 unspecified atom stereocenters. The first kappa shape index (κ1) is 10.6. The topological polar surface area (TPSA) is 35.5 Å². The van der Waals surface area contributed by atoms with Crippen LogP contribution < -0.4 is 0 Å². The standard InChI is InChI=1S/C4H8O2.C3H3ClO/c1-2-6-4-3-5-1;1-2-3(4)5/h1-4H2;2H,1H2. The van der Waals surface area contributed by atoms with Gasteiger partial charge in [-0.2, -0.15) is 0 Å². The van der Waals surface area contributed by atoms with Gasteiger partial charge in [-0.05, 0) is 17.7 Å². The van der Waals surface area contributed by atoms with Gasteiger partial charge in [0.05, 0.1) is 26.4 Å². The molecule has 1 saturated heterocycles. The molecule has 0 atom stereocenters. The van der Waals surface area contributed by atoms with E-state index in [9.17, 15) is 4.79 Å². The molecular weight excluding hydrogens is 168 g/mol. The van der Waals surface area contributed by atoms with Crippen molar-refractivity contribution in [1.82, 2.24) is 0 Å². The van der Waals surface area contributed by atoms with Crippen LogP contribution in [0.15, 0.2) is 12.7 Å². The highest BCUT2D eigenvalue weighted by Gasteiger charge is 1.94. The maximum Gasteiger partial charge on any atom is 0.244 e. The van der Waals surface area contributed by atoms with Gasteiger partial charge in [-0.15, -0.1) is 0 Å². The summed E-state index contributed by atoms with van der Waals surface area (Å²) in [6, 6.07) is 0. The molecule has 1 aliphatic heterocycles. The summed E-state index contributed by atoms with van der Waals surface area (Å²) in [7, 11) is 0. The van der Waals surface area contributed by atoms with Gasteiger partial charge in [0.25, 0.3) is 0 Å². The maximum absolute atomic E-state index is 9.46.